The van der Waals surface area contributed by atoms with Gasteiger partial charge in [-0.3, -0.25) is 4.79 Å². The van der Waals surface area contributed by atoms with Gasteiger partial charge in [0.05, 0.1) is 5.76 Å². The first-order chi connectivity index (χ1) is 11.1. The van der Waals surface area contributed by atoms with Gasteiger partial charge in [0.2, 0.25) is 0 Å². The highest BCUT2D eigenvalue weighted by Gasteiger charge is 2.28. The summed E-state index contributed by atoms with van der Waals surface area (Å²) in [5.41, 5.74) is 1.93. The Labute approximate surface area is 148 Å². The minimum Gasteiger partial charge on any atom is -0.512 e. The first-order valence-corrected chi connectivity index (χ1v) is 9.51. The number of carbonyl (C=O) groups is 1. The number of halogens is 1. The minimum atomic E-state index is 0.0758. The van der Waals surface area contributed by atoms with Crippen molar-refractivity contribution in [1.82, 2.24) is 0 Å². The Balaban J connectivity index is 2.42. The van der Waals surface area contributed by atoms with Gasteiger partial charge in [0.25, 0.3) is 0 Å². The second-order valence-corrected chi connectivity index (χ2v) is 7.58. The van der Waals surface area contributed by atoms with Gasteiger partial charge in [-0.25, -0.2) is 0 Å². The lowest BCUT2D eigenvalue weighted by Gasteiger charge is -2.25. The zero-order valence-electron chi connectivity index (χ0n) is 13.8. The topological polar surface area (TPSA) is 58.9 Å². The highest BCUT2D eigenvalue weighted by molar-refractivity contribution is 7.99. The lowest BCUT2D eigenvalue weighted by molar-refractivity contribution is -0.117. The lowest BCUT2D eigenvalue weighted by Crippen LogP contribution is -2.22. The average Bonchev–Trinajstić information content (AvgIpc) is 2.48. The SMILES string of the molecule is CCSC(C)CC1CC(=O)C(CCC=NOCC=CCl)=C(O)C1. The van der Waals surface area contributed by atoms with Crippen molar-refractivity contribution in [3.63, 3.8) is 0 Å². The molecule has 0 radical (unpaired) electrons. The van der Waals surface area contributed by atoms with Crippen LogP contribution < -0.4 is 0 Å². The summed E-state index contributed by atoms with van der Waals surface area (Å²) in [5.74, 6) is 1.68. The molecule has 0 aromatic carbocycles. The Morgan fingerprint density at radius 2 is 2.30 bits per heavy atom. The molecule has 0 saturated carbocycles. The molecule has 2 atom stereocenters. The van der Waals surface area contributed by atoms with E-state index in [-0.39, 0.29) is 17.5 Å². The molecule has 0 saturated heterocycles. The van der Waals surface area contributed by atoms with E-state index in [1.54, 1.807) is 12.3 Å². The molecule has 6 heteroatoms. The summed E-state index contributed by atoms with van der Waals surface area (Å²) in [5, 5.41) is 14.5. The smallest absolute Gasteiger partial charge is 0.162 e. The summed E-state index contributed by atoms with van der Waals surface area (Å²) < 4.78 is 0. The van der Waals surface area contributed by atoms with Crippen LogP contribution in [-0.4, -0.2) is 34.7 Å². The van der Waals surface area contributed by atoms with E-state index in [0.717, 1.165) is 12.2 Å². The van der Waals surface area contributed by atoms with Crippen molar-refractivity contribution < 1.29 is 14.7 Å². The molecule has 1 aliphatic rings. The fourth-order valence-electron chi connectivity index (χ4n) is 2.72. The first-order valence-electron chi connectivity index (χ1n) is 8.03. The van der Waals surface area contributed by atoms with E-state index in [1.807, 2.05) is 11.8 Å². The van der Waals surface area contributed by atoms with Gasteiger partial charge in [-0.2, -0.15) is 11.8 Å². The molecule has 0 bridgehead atoms. The highest BCUT2D eigenvalue weighted by atomic mass is 35.5. The van der Waals surface area contributed by atoms with Crippen molar-refractivity contribution in [3.8, 4) is 0 Å². The van der Waals surface area contributed by atoms with E-state index >= 15 is 0 Å². The van der Waals surface area contributed by atoms with Gasteiger partial charge in [0.15, 0.2) is 5.78 Å². The Hall–Kier alpha value is -0.940. The summed E-state index contributed by atoms with van der Waals surface area (Å²) in [4.78, 5) is 17.2. The van der Waals surface area contributed by atoms with Crippen molar-refractivity contribution in [2.45, 2.75) is 51.2 Å². The maximum atomic E-state index is 12.2. The Morgan fingerprint density at radius 3 is 2.96 bits per heavy atom. The zero-order valence-corrected chi connectivity index (χ0v) is 15.4. The number of Topliss-reactive ketones (excluding diaryl/α,β-unsaturated/α-hetero) is 1. The monoisotopic (exact) mass is 359 g/mol. The molecule has 2 unspecified atom stereocenters. The highest BCUT2D eigenvalue weighted by Crippen LogP contribution is 2.32. The number of aliphatic hydroxyl groups excluding tert-OH is 1. The third kappa shape index (κ3) is 7.93. The molecule has 0 amide bonds. The third-order valence-corrected chi connectivity index (χ3v) is 4.96. The number of aliphatic hydroxyl groups is 1. The van der Waals surface area contributed by atoms with E-state index in [2.05, 4.69) is 19.0 Å². The van der Waals surface area contributed by atoms with Gasteiger partial charge in [0, 0.05) is 35.4 Å². The van der Waals surface area contributed by atoms with E-state index < -0.39 is 0 Å². The number of hydrogen-bond donors (Lipinski definition) is 1. The molecule has 130 valence electrons. The Morgan fingerprint density at radius 1 is 1.52 bits per heavy atom. The fraction of sp³-hybridized carbons (Fsp3) is 0.647. The van der Waals surface area contributed by atoms with Crippen LogP contribution in [-0.2, 0) is 9.63 Å². The molecular formula is C17H26ClNO3S. The summed E-state index contributed by atoms with van der Waals surface area (Å²) >= 11 is 7.25. The van der Waals surface area contributed by atoms with Crippen LogP contribution in [0.3, 0.4) is 0 Å². The molecular weight excluding hydrogens is 334 g/mol. The molecule has 0 aliphatic heterocycles. The van der Waals surface area contributed by atoms with E-state index in [9.17, 15) is 9.90 Å². The molecule has 1 rings (SSSR count). The molecule has 0 spiro atoms. The van der Waals surface area contributed by atoms with Crippen LogP contribution in [0.2, 0.25) is 0 Å². The minimum absolute atomic E-state index is 0.0758. The summed E-state index contributed by atoms with van der Waals surface area (Å²) in [7, 11) is 0. The number of hydrogen-bond acceptors (Lipinski definition) is 5. The van der Waals surface area contributed by atoms with Crippen molar-refractivity contribution in [2.24, 2.45) is 11.1 Å². The van der Waals surface area contributed by atoms with Gasteiger partial charge in [0.1, 0.15) is 6.61 Å². The molecule has 0 fully saturated rings. The van der Waals surface area contributed by atoms with Crippen LogP contribution in [0.15, 0.2) is 28.1 Å². The number of oxime groups is 1. The largest absolute Gasteiger partial charge is 0.512 e. The number of rotatable bonds is 10. The Bertz CT molecular complexity index is 463. The summed E-state index contributed by atoms with van der Waals surface area (Å²) in [6, 6.07) is 0. The molecule has 0 aromatic rings. The number of allylic oxidation sites excluding steroid dienone is 2. The van der Waals surface area contributed by atoms with Crippen LogP contribution in [0, 0.1) is 5.92 Å². The quantitative estimate of drug-likeness (QED) is 0.344. The van der Waals surface area contributed by atoms with Gasteiger partial charge >= 0.3 is 0 Å². The van der Waals surface area contributed by atoms with Crippen LogP contribution in [0.1, 0.15) is 46.0 Å². The fourth-order valence-corrected chi connectivity index (χ4v) is 3.77. The van der Waals surface area contributed by atoms with Crippen LogP contribution >= 0.6 is 23.4 Å². The van der Waals surface area contributed by atoms with E-state index in [1.165, 1.54) is 5.54 Å². The van der Waals surface area contributed by atoms with Crippen LogP contribution in [0.5, 0.6) is 0 Å². The number of nitrogens with zero attached hydrogens (tertiary/aromatic N) is 1. The maximum Gasteiger partial charge on any atom is 0.162 e. The van der Waals surface area contributed by atoms with Gasteiger partial charge in [-0.05, 0) is 37.0 Å². The third-order valence-electron chi connectivity index (χ3n) is 3.69. The standard InChI is InChI=1S/C17H26ClNO3S/c1-3-23-13(2)10-14-11-16(20)15(17(21)12-14)6-4-8-19-22-9-5-7-18/h5,7-8,13-14,20H,3-4,6,9-12H2,1-2H3. The first kappa shape index (κ1) is 20.1. The molecule has 0 aromatic heterocycles. The molecule has 23 heavy (non-hydrogen) atoms. The van der Waals surface area contributed by atoms with Crippen molar-refractivity contribution in [1.29, 1.82) is 0 Å². The van der Waals surface area contributed by atoms with E-state index in [0.29, 0.717) is 43.1 Å². The number of thioether (sulfide) groups is 1. The van der Waals surface area contributed by atoms with Crippen molar-refractivity contribution in [3.05, 3.63) is 22.9 Å². The van der Waals surface area contributed by atoms with Crippen LogP contribution in [0.4, 0.5) is 0 Å². The lowest BCUT2D eigenvalue weighted by atomic mass is 9.83. The molecule has 4 nitrogen and oxygen atoms in total. The predicted octanol–water partition coefficient (Wildman–Crippen LogP) is 4.84. The molecule has 1 aliphatic carbocycles. The van der Waals surface area contributed by atoms with Gasteiger partial charge < -0.3 is 9.94 Å². The maximum absolute atomic E-state index is 12.2. The number of ketones is 1. The van der Waals surface area contributed by atoms with Crippen molar-refractivity contribution in [2.75, 3.05) is 12.4 Å². The average molecular weight is 360 g/mol. The molecule has 1 N–H and O–H groups in total. The predicted molar refractivity (Wildman–Crippen MR) is 98.3 cm³/mol. The zero-order chi connectivity index (χ0) is 17.1. The second kappa shape index (κ2) is 11.6. The summed E-state index contributed by atoms with van der Waals surface area (Å²) in [6.07, 6.45) is 6.46. The normalized spacial score (nSPS) is 20.7. The van der Waals surface area contributed by atoms with Crippen molar-refractivity contribution >= 4 is 35.4 Å². The van der Waals surface area contributed by atoms with Crippen LogP contribution in [0.25, 0.3) is 0 Å². The van der Waals surface area contributed by atoms with E-state index in [4.69, 9.17) is 16.4 Å². The number of carbonyl (C=O) groups excluding carboxylic acids is 1. The van der Waals surface area contributed by atoms with Gasteiger partial charge in [-0.15, -0.1) is 0 Å². The summed E-state index contributed by atoms with van der Waals surface area (Å²) in [6.45, 7) is 4.65. The van der Waals surface area contributed by atoms with Gasteiger partial charge in [-0.1, -0.05) is 30.6 Å². The Kier molecular flexibility index (Phi) is 10.1. The molecule has 0 heterocycles. The second-order valence-electron chi connectivity index (χ2n) is 5.61.